The molecule has 0 aliphatic carbocycles. The van der Waals surface area contributed by atoms with Crippen molar-refractivity contribution in [2.45, 2.75) is 39.7 Å². The second-order valence-electron chi connectivity index (χ2n) is 10.4. The maximum Gasteiger partial charge on any atom is 0.255 e. The molecule has 0 saturated carbocycles. The van der Waals surface area contributed by atoms with E-state index < -0.39 is 0 Å². The minimum Gasteiger partial charge on any atom is -0.382 e. The second kappa shape index (κ2) is 11.2. The summed E-state index contributed by atoms with van der Waals surface area (Å²) in [5.41, 5.74) is 6.32. The molecular formula is C31H34N6O2. The van der Waals surface area contributed by atoms with Crippen molar-refractivity contribution in [2.75, 3.05) is 47.8 Å². The van der Waals surface area contributed by atoms with Crippen LogP contribution in [0.25, 0.3) is 0 Å². The van der Waals surface area contributed by atoms with Gasteiger partial charge in [0.15, 0.2) is 0 Å². The van der Waals surface area contributed by atoms with Crippen molar-refractivity contribution in [1.29, 1.82) is 5.26 Å². The van der Waals surface area contributed by atoms with E-state index >= 15 is 0 Å². The van der Waals surface area contributed by atoms with Crippen LogP contribution in [0.1, 0.15) is 45.5 Å². The van der Waals surface area contributed by atoms with Crippen LogP contribution in [0.4, 0.5) is 17.2 Å². The van der Waals surface area contributed by atoms with Crippen LogP contribution in [0.5, 0.6) is 0 Å². The lowest BCUT2D eigenvalue weighted by atomic mass is 9.94. The normalized spacial score (nSPS) is 16.3. The number of carbonyl (C=O) groups excluding carboxylic acids is 2. The Kier molecular flexibility index (Phi) is 7.51. The highest BCUT2D eigenvalue weighted by atomic mass is 16.2. The molecule has 0 bridgehead atoms. The summed E-state index contributed by atoms with van der Waals surface area (Å²) in [4.78, 5) is 36.5. The summed E-state index contributed by atoms with van der Waals surface area (Å²) in [6, 6.07) is 17.9. The number of nitrogens with zero attached hydrogens (tertiary/aromatic N) is 5. The third kappa shape index (κ3) is 5.30. The van der Waals surface area contributed by atoms with Gasteiger partial charge in [-0.1, -0.05) is 24.3 Å². The number of piperazine rings is 1. The number of carbonyl (C=O) groups is 2. The molecular weight excluding hydrogens is 488 g/mol. The van der Waals surface area contributed by atoms with E-state index in [1.54, 1.807) is 16.0 Å². The number of pyridine rings is 1. The number of rotatable bonds is 5. The average Bonchev–Trinajstić information content (AvgIpc) is 2.96. The molecule has 8 heteroatoms. The Labute approximate surface area is 229 Å². The van der Waals surface area contributed by atoms with E-state index in [-0.39, 0.29) is 24.4 Å². The van der Waals surface area contributed by atoms with Gasteiger partial charge in [0.2, 0.25) is 5.91 Å². The molecule has 8 nitrogen and oxygen atoms in total. The van der Waals surface area contributed by atoms with Gasteiger partial charge in [-0.05, 0) is 74.6 Å². The highest BCUT2D eigenvalue weighted by Crippen LogP contribution is 2.31. The molecule has 2 saturated heterocycles. The van der Waals surface area contributed by atoms with Crippen LogP contribution in [-0.2, 0) is 4.79 Å². The van der Waals surface area contributed by atoms with Crippen molar-refractivity contribution in [2.24, 2.45) is 0 Å². The van der Waals surface area contributed by atoms with Gasteiger partial charge < -0.3 is 15.1 Å². The summed E-state index contributed by atoms with van der Waals surface area (Å²) in [7, 11) is 0. The zero-order valence-corrected chi connectivity index (χ0v) is 22.8. The Balaban J connectivity index is 1.29. The first-order valence-electron chi connectivity index (χ1n) is 13.5. The molecule has 0 radical (unpaired) electrons. The molecule has 3 heterocycles. The fraction of sp³-hybridized carbons (Fsp3) is 0.355. The number of amides is 2. The van der Waals surface area contributed by atoms with E-state index in [1.807, 2.05) is 56.3 Å². The lowest BCUT2D eigenvalue weighted by Crippen LogP contribution is -2.52. The monoisotopic (exact) mass is 522 g/mol. The first kappa shape index (κ1) is 26.2. The lowest BCUT2D eigenvalue weighted by Gasteiger charge is -2.36. The van der Waals surface area contributed by atoms with Gasteiger partial charge in [0, 0.05) is 49.7 Å². The Morgan fingerprint density at radius 2 is 1.74 bits per heavy atom. The molecule has 2 amide bonds. The Hall–Kier alpha value is -4.38. The maximum atomic E-state index is 13.7. The van der Waals surface area contributed by atoms with Gasteiger partial charge in [0.1, 0.15) is 18.4 Å². The summed E-state index contributed by atoms with van der Waals surface area (Å²) >= 11 is 0. The summed E-state index contributed by atoms with van der Waals surface area (Å²) in [6.07, 6.45) is 3.53. The smallest absolute Gasteiger partial charge is 0.255 e. The van der Waals surface area contributed by atoms with Crippen LogP contribution in [0.2, 0.25) is 0 Å². The first-order valence-corrected chi connectivity index (χ1v) is 13.5. The van der Waals surface area contributed by atoms with Gasteiger partial charge >= 0.3 is 0 Å². The largest absolute Gasteiger partial charge is 0.382 e. The number of para-hydroxylation sites is 1. The number of nitriles is 1. The van der Waals surface area contributed by atoms with Crippen molar-refractivity contribution in [3.8, 4) is 6.07 Å². The number of nitrogens with one attached hydrogen (secondary N) is 1. The highest BCUT2D eigenvalue weighted by molar-refractivity contribution is 6.03. The second-order valence-corrected chi connectivity index (χ2v) is 10.4. The number of hydrogen-bond acceptors (Lipinski definition) is 6. The maximum absolute atomic E-state index is 13.7. The van der Waals surface area contributed by atoms with Crippen LogP contribution >= 0.6 is 0 Å². The van der Waals surface area contributed by atoms with E-state index in [2.05, 4.69) is 34.3 Å². The van der Waals surface area contributed by atoms with Crippen LogP contribution < -0.4 is 15.1 Å². The van der Waals surface area contributed by atoms with Crippen molar-refractivity contribution in [1.82, 2.24) is 9.88 Å². The molecule has 0 spiro atoms. The minimum atomic E-state index is -0.126. The third-order valence-electron chi connectivity index (χ3n) is 7.83. The number of hydrogen-bond donors (Lipinski definition) is 1. The van der Waals surface area contributed by atoms with Crippen molar-refractivity contribution < 1.29 is 9.59 Å². The minimum absolute atomic E-state index is 0.0353. The molecule has 0 unspecified atom stereocenters. The van der Waals surface area contributed by atoms with Crippen LogP contribution in [0.15, 0.2) is 54.7 Å². The average molecular weight is 523 g/mol. The zero-order valence-electron chi connectivity index (χ0n) is 22.8. The molecule has 1 N–H and O–H groups in total. The molecule has 39 heavy (non-hydrogen) atoms. The summed E-state index contributed by atoms with van der Waals surface area (Å²) in [5, 5.41) is 13.2. The number of benzene rings is 2. The van der Waals surface area contributed by atoms with Crippen LogP contribution in [-0.4, -0.2) is 60.5 Å². The topological polar surface area (TPSA) is 92.6 Å². The number of anilines is 3. The fourth-order valence-corrected chi connectivity index (χ4v) is 5.81. The molecule has 1 aromatic heterocycles. The number of aryl methyl sites for hydroxylation is 2. The van der Waals surface area contributed by atoms with Crippen LogP contribution in [0, 0.1) is 32.1 Å². The van der Waals surface area contributed by atoms with Gasteiger partial charge in [-0.15, -0.1) is 0 Å². The SMILES string of the molecule is Cc1cc(C)c(C(=O)N2CCN(c3ccccn3)C(=O)C2)c(C)c1NC1CCN(c2ccccc2C#N)CC1. The first-order chi connectivity index (χ1) is 18.9. The Bertz CT molecular complexity index is 1420. The number of aromatic nitrogens is 1. The number of piperidine rings is 1. The Morgan fingerprint density at radius 1 is 1.00 bits per heavy atom. The molecule has 0 atom stereocenters. The molecule has 200 valence electrons. The molecule has 2 aliphatic rings. The summed E-state index contributed by atoms with van der Waals surface area (Å²) in [6.45, 7) is 8.67. The third-order valence-corrected chi connectivity index (χ3v) is 7.83. The molecule has 2 fully saturated rings. The molecule has 5 rings (SSSR count). The lowest BCUT2D eigenvalue weighted by molar-refractivity contribution is -0.120. The van der Waals surface area contributed by atoms with Gasteiger partial charge in [0.05, 0.1) is 11.3 Å². The van der Waals surface area contributed by atoms with Crippen LogP contribution in [0.3, 0.4) is 0 Å². The fourth-order valence-electron chi connectivity index (χ4n) is 5.81. The summed E-state index contributed by atoms with van der Waals surface area (Å²) < 4.78 is 0. The van der Waals surface area contributed by atoms with Gasteiger partial charge in [-0.2, -0.15) is 5.26 Å². The highest BCUT2D eigenvalue weighted by Gasteiger charge is 2.31. The van der Waals surface area contributed by atoms with Gasteiger partial charge in [0.25, 0.3) is 5.91 Å². The van der Waals surface area contributed by atoms with E-state index in [0.29, 0.717) is 30.0 Å². The van der Waals surface area contributed by atoms with E-state index in [1.165, 1.54) is 0 Å². The van der Waals surface area contributed by atoms with E-state index in [9.17, 15) is 14.9 Å². The Morgan fingerprint density at radius 3 is 2.44 bits per heavy atom. The summed E-state index contributed by atoms with van der Waals surface area (Å²) in [5.74, 6) is 0.384. The predicted molar refractivity (Wildman–Crippen MR) is 153 cm³/mol. The van der Waals surface area contributed by atoms with Crippen molar-refractivity contribution in [3.63, 3.8) is 0 Å². The quantitative estimate of drug-likeness (QED) is 0.532. The molecule has 2 aromatic carbocycles. The van der Waals surface area contributed by atoms with E-state index in [0.717, 1.165) is 54.0 Å². The van der Waals surface area contributed by atoms with Crippen molar-refractivity contribution >= 4 is 29.0 Å². The van der Waals surface area contributed by atoms with Crippen molar-refractivity contribution in [3.05, 3.63) is 82.5 Å². The molecule has 3 aromatic rings. The van der Waals surface area contributed by atoms with E-state index in [4.69, 9.17) is 0 Å². The predicted octanol–water partition coefficient (Wildman–Crippen LogP) is 4.45. The van der Waals surface area contributed by atoms with Gasteiger partial charge in [-0.3, -0.25) is 14.5 Å². The zero-order chi connectivity index (χ0) is 27.5. The van der Waals surface area contributed by atoms with Gasteiger partial charge in [-0.25, -0.2) is 4.98 Å². The standard InChI is InChI=1S/C31H34N6O2/c1-21-18-22(2)30(34-25-11-14-35(15-12-25)26-9-5-4-8-24(26)19-32)23(3)29(21)31(39)36-16-17-37(28(38)20-36)27-10-6-7-13-33-27/h4-10,13,18,25,34H,11-12,14-17,20H2,1-3H3. The molecule has 2 aliphatic heterocycles.